The van der Waals surface area contributed by atoms with E-state index in [0.29, 0.717) is 11.1 Å². The maximum Gasteiger partial charge on any atom is 0.336 e. The Hall–Kier alpha value is -3.06. The molecular weight excluding hydrogens is 436 g/mol. The fourth-order valence-electron chi connectivity index (χ4n) is 4.47. The van der Waals surface area contributed by atoms with E-state index in [-0.39, 0.29) is 12.6 Å². The predicted molar refractivity (Wildman–Crippen MR) is 130 cm³/mol. The van der Waals surface area contributed by atoms with Gasteiger partial charge in [0, 0.05) is 23.6 Å². The number of carbonyl (C=O) groups excluding carboxylic acids is 1. The zero-order valence-electron chi connectivity index (χ0n) is 18.8. The van der Waals surface area contributed by atoms with Crippen LogP contribution < -0.4 is 5.63 Å². The average Bonchev–Trinajstić information content (AvgIpc) is 3.40. The lowest BCUT2D eigenvalue weighted by Gasteiger charge is -2.13. The van der Waals surface area contributed by atoms with Crippen molar-refractivity contribution in [2.45, 2.75) is 63.1 Å². The van der Waals surface area contributed by atoms with Gasteiger partial charge < -0.3 is 13.7 Å². The Balaban J connectivity index is 1.34. The van der Waals surface area contributed by atoms with Gasteiger partial charge in [0.15, 0.2) is 5.16 Å². The molecule has 0 bridgehead atoms. The van der Waals surface area contributed by atoms with Gasteiger partial charge in [-0.25, -0.2) is 9.78 Å². The number of carbonyl (C=O) groups is 1. The number of fused-ring (bicyclic) bond motifs is 3. The number of aryl methyl sites for hydroxylation is 3. The molecule has 5 rings (SSSR count). The monoisotopic (exact) mass is 462 g/mol. The molecule has 2 heterocycles. The van der Waals surface area contributed by atoms with Crippen molar-refractivity contribution in [3.63, 3.8) is 0 Å². The second kappa shape index (κ2) is 9.06. The molecule has 0 radical (unpaired) electrons. The van der Waals surface area contributed by atoms with Crippen LogP contribution in [0, 0.1) is 0 Å². The first-order chi connectivity index (χ1) is 16.0. The first kappa shape index (κ1) is 21.8. The lowest BCUT2D eigenvalue weighted by molar-refractivity contribution is -0.143. The molecule has 170 valence electrons. The van der Waals surface area contributed by atoms with Crippen LogP contribution in [-0.4, -0.2) is 20.8 Å². The van der Waals surface area contributed by atoms with Crippen molar-refractivity contribution >= 4 is 39.7 Å². The Morgan fingerprint density at radius 3 is 2.82 bits per heavy atom. The third kappa shape index (κ3) is 4.29. The Bertz CT molecular complexity index is 1400. The molecule has 6 nitrogen and oxygen atoms in total. The summed E-state index contributed by atoms with van der Waals surface area (Å²) in [6, 6.07) is 13.5. The largest absolute Gasteiger partial charge is 0.460 e. The van der Waals surface area contributed by atoms with E-state index in [9.17, 15) is 9.59 Å². The number of thioether (sulfide) groups is 1. The second-order valence-electron chi connectivity index (χ2n) is 8.46. The summed E-state index contributed by atoms with van der Waals surface area (Å²) in [6.45, 7) is 4.82. The fraction of sp³-hybridized carbons (Fsp3) is 0.346. The van der Waals surface area contributed by atoms with Crippen LogP contribution in [-0.2, 0) is 35.5 Å². The number of ether oxygens (including phenoxy) is 1. The molecule has 1 aliphatic rings. The Labute approximate surface area is 195 Å². The summed E-state index contributed by atoms with van der Waals surface area (Å²) in [5.74, 6) is -0.336. The summed E-state index contributed by atoms with van der Waals surface area (Å²) in [6.07, 6.45) is 4.11. The van der Waals surface area contributed by atoms with Crippen molar-refractivity contribution in [3.05, 3.63) is 69.6 Å². The molecule has 0 saturated heterocycles. The van der Waals surface area contributed by atoms with Crippen LogP contribution >= 0.6 is 11.8 Å². The summed E-state index contributed by atoms with van der Waals surface area (Å²) in [7, 11) is 0. The Kier molecular flexibility index (Phi) is 5.98. The highest BCUT2D eigenvalue weighted by molar-refractivity contribution is 8.00. The van der Waals surface area contributed by atoms with E-state index in [1.807, 2.05) is 37.3 Å². The third-order valence-electron chi connectivity index (χ3n) is 6.09. The zero-order valence-corrected chi connectivity index (χ0v) is 19.6. The predicted octanol–water partition coefficient (Wildman–Crippen LogP) is 5.27. The summed E-state index contributed by atoms with van der Waals surface area (Å²) < 4.78 is 13.2. The zero-order chi connectivity index (χ0) is 22.9. The van der Waals surface area contributed by atoms with E-state index in [4.69, 9.17) is 14.1 Å². The first-order valence-electron chi connectivity index (χ1n) is 11.4. The normalized spacial score (nSPS) is 14.0. The van der Waals surface area contributed by atoms with Crippen LogP contribution in [0.15, 0.2) is 56.8 Å². The number of aromatic nitrogens is 2. The third-order valence-corrected chi connectivity index (χ3v) is 7.16. The maximum atomic E-state index is 12.8. The van der Waals surface area contributed by atoms with Gasteiger partial charge in [-0.15, -0.1) is 0 Å². The van der Waals surface area contributed by atoms with Gasteiger partial charge in [-0.3, -0.25) is 4.79 Å². The van der Waals surface area contributed by atoms with Crippen LogP contribution in [0.2, 0.25) is 0 Å². The van der Waals surface area contributed by atoms with Gasteiger partial charge in [0.2, 0.25) is 0 Å². The summed E-state index contributed by atoms with van der Waals surface area (Å²) in [5.41, 5.74) is 5.32. The Morgan fingerprint density at radius 1 is 1.21 bits per heavy atom. The number of benzene rings is 2. The van der Waals surface area contributed by atoms with Gasteiger partial charge in [-0.05, 0) is 68.0 Å². The van der Waals surface area contributed by atoms with Crippen LogP contribution in [0.5, 0.6) is 0 Å². The number of para-hydroxylation sites is 2. The summed E-state index contributed by atoms with van der Waals surface area (Å²) >= 11 is 1.40. The van der Waals surface area contributed by atoms with Crippen LogP contribution in [0.25, 0.3) is 22.0 Å². The molecule has 0 amide bonds. The molecule has 0 spiro atoms. The standard InChI is InChI=1S/C26H26N2O4S/c1-3-11-28-22-10-5-4-9-21(22)27-26(28)33-16(2)25(30)31-15-19-14-24(29)32-23-13-18-8-6-7-17(18)12-20(19)23/h4-5,9-10,12-14,16H,3,6-8,11,15H2,1-2H3/t16-/m1/s1. The van der Waals surface area contributed by atoms with E-state index in [1.54, 1.807) is 0 Å². The minimum atomic E-state index is -0.437. The number of esters is 1. The molecule has 1 atom stereocenters. The number of hydrogen-bond acceptors (Lipinski definition) is 6. The molecule has 0 aliphatic heterocycles. The Morgan fingerprint density at radius 2 is 2.00 bits per heavy atom. The highest BCUT2D eigenvalue weighted by Gasteiger charge is 2.22. The summed E-state index contributed by atoms with van der Waals surface area (Å²) in [5, 5.41) is 1.21. The molecule has 7 heteroatoms. The van der Waals surface area contributed by atoms with Crippen molar-refractivity contribution in [1.82, 2.24) is 9.55 Å². The minimum absolute atomic E-state index is 0.0377. The van der Waals surface area contributed by atoms with Crippen molar-refractivity contribution in [2.24, 2.45) is 0 Å². The van der Waals surface area contributed by atoms with Crippen LogP contribution in [0.4, 0.5) is 0 Å². The van der Waals surface area contributed by atoms with Crippen molar-refractivity contribution in [3.8, 4) is 0 Å². The van der Waals surface area contributed by atoms with Gasteiger partial charge in [-0.1, -0.05) is 30.8 Å². The molecule has 0 N–H and O–H groups in total. The fourth-order valence-corrected chi connectivity index (χ4v) is 5.42. The van der Waals surface area contributed by atoms with Gasteiger partial charge >= 0.3 is 11.6 Å². The second-order valence-corrected chi connectivity index (χ2v) is 9.77. The van der Waals surface area contributed by atoms with E-state index in [0.717, 1.165) is 53.8 Å². The van der Waals surface area contributed by atoms with Crippen LogP contribution in [0.3, 0.4) is 0 Å². The van der Waals surface area contributed by atoms with Crippen molar-refractivity contribution in [2.75, 3.05) is 0 Å². The lowest BCUT2D eigenvalue weighted by atomic mass is 10.0. The molecule has 0 fully saturated rings. The number of rotatable bonds is 7. The quantitative estimate of drug-likeness (QED) is 0.212. The molecule has 4 aromatic rings. The number of imidazole rings is 1. The molecule has 33 heavy (non-hydrogen) atoms. The van der Waals surface area contributed by atoms with Gasteiger partial charge in [0.05, 0.1) is 11.0 Å². The lowest BCUT2D eigenvalue weighted by Crippen LogP contribution is -2.18. The molecule has 0 unspecified atom stereocenters. The number of nitrogens with zero attached hydrogens (tertiary/aromatic N) is 2. The van der Waals surface area contributed by atoms with Gasteiger partial charge in [0.25, 0.3) is 0 Å². The SMILES string of the molecule is CCCn1c(S[C@H](C)C(=O)OCc2cc(=O)oc3cc4c(cc23)CCC4)nc2ccccc21. The maximum absolute atomic E-state index is 12.8. The molecule has 2 aromatic heterocycles. The van der Waals surface area contributed by atoms with Gasteiger partial charge in [0.1, 0.15) is 17.4 Å². The highest BCUT2D eigenvalue weighted by Crippen LogP contribution is 2.30. The highest BCUT2D eigenvalue weighted by atomic mass is 32.2. The molecule has 2 aromatic carbocycles. The van der Waals surface area contributed by atoms with Crippen molar-refractivity contribution < 1.29 is 13.9 Å². The number of hydrogen-bond donors (Lipinski definition) is 0. The topological polar surface area (TPSA) is 74.3 Å². The molecule has 0 saturated carbocycles. The minimum Gasteiger partial charge on any atom is -0.460 e. The van der Waals surface area contributed by atoms with Crippen LogP contribution in [0.1, 0.15) is 43.4 Å². The van der Waals surface area contributed by atoms with Crippen molar-refractivity contribution in [1.29, 1.82) is 0 Å². The molecular formula is C26H26N2O4S. The molecule has 1 aliphatic carbocycles. The van der Waals surface area contributed by atoms with E-state index < -0.39 is 10.9 Å². The van der Waals surface area contributed by atoms with E-state index in [2.05, 4.69) is 17.6 Å². The smallest absolute Gasteiger partial charge is 0.336 e. The first-order valence-corrected chi connectivity index (χ1v) is 12.3. The summed E-state index contributed by atoms with van der Waals surface area (Å²) in [4.78, 5) is 29.6. The average molecular weight is 463 g/mol. The van der Waals surface area contributed by atoms with Gasteiger partial charge in [-0.2, -0.15) is 0 Å². The van der Waals surface area contributed by atoms with E-state index in [1.165, 1.54) is 29.0 Å². The van der Waals surface area contributed by atoms with E-state index >= 15 is 0 Å².